The van der Waals surface area contributed by atoms with Crippen molar-refractivity contribution >= 4 is 17.3 Å². The van der Waals surface area contributed by atoms with Crippen molar-refractivity contribution in [2.24, 2.45) is 7.05 Å². The molecule has 0 fully saturated rings. The third kappa shape index (κ3) is 3.05. The number of aromatic nitrogens is 3. The molecule has 0 saturated carbocycles. The van der Waals surface area contributed by atoms with Crippen LogP contribution in [0.1, 0.15) is 23.1 Å². The predicted molar refractivity (Wildman–Crippen MR) is 75.1 cm³/mol. The summed E-state index contributed by atoms with van der Waals surface area (Å²) >= 11 is 0. The van der Waals surface area contributed by atoms with Gasteiger partial charge in [-0.2, -0.15) is 5.10 Å². The molecule has 0 bridgehead atoms. The normalized spacial score (nSPS) is 10.3. The number of rotatable bonds is 5. The number of esters is 1. The van der Waals surface area contributed by atoms with Crippen LogP contribution < -0.4 is 11.1 Å². The van der Waals surface area contributed by atoms with Gasteiger partial charge in [-0.3, -0.25) is 4.68 Å². The van der Waals surface area contributed by atoms with Gasteiger partial charge in [-0.1, -0.05) is 6.07 Å². The van der Waals surface area contributed by atoms with Gasteiger partial charge in [0.1, 0.15) is 6.33 Å². The van der Waals surface area contributed by atoms with Crippen LogP contribution in [0.25, 0.3) is 0 Å². The van der Waals surface area contributed by atoms with E-state index in [4.69, 9.17) is 10.5 Å². The number of hydrogen-bond donors (Lipinski definition) is 2. The SMILES string of the molecule is CCOC(=O)c1cccc(N)c1NCc1ncn(C)n1. The summed E-state index contributed by atoms with van der Waals surface area (Å²) in [4.78, 5) is 16.0. The highest BCUT2D eigenvalue weighted by molar-refractivity contribution is 5.98. The van der Waals surface area contributed by atoms with E-state index in [0.29, 0.717) is 35.9 Å². The first-order valence-electron chi connectivity index (χ1n) is 6.25. The van der Waals surface area contributed by atoms with Crippen molar-refractivity contribution in [2.45, 2.75) is 13.5 Å². The molecule has 7 heteroatoms. The molecule has 3 N–H and O–H groups in total. The Kier molecular flexibility index (Phi) is 4.19. The third-order valence-electron chi connectivity index (χ3n) is 2.66. The standard InChI is InChI=1S/C13H17N5O2/c1-3-20-13(19)9-5-4-6-10(14)12(9)15-7-11-16-8-18(2)17-11/h4-6,8,15H,3,7,14H2,1-2H3. The summed E-state index contributed by atoms with van der Waals surface area (Å²) in [6, 6.07) is 5.10. The number of carbonyl (C=O) groups is 1. The Balaban J connectivity index is 2.19. The van der Waals surface area contributed by atoms with Crippen LogP contribution in [-0.2, 0) is 18.3 Å². The number of ether oxygens (including phenoxy) is 1. The summed E-state index contributed by atoms with van der Waals surface area (Å²) in [6.45, 7) is 2.45. The van der Waals surface area contributed by atoms with Crippen molar-refractivity contribution in [2.75, 3.05) is 17.7 Å². The molecule has 0 amide bonds. The average molecular weight is 275 g/mol. The number of benzene rings is 1. The van der Waals surface area contributed by atoms with Crippen LogP contribution in [0.15, 0.2) is 24.5 Å². The highest BCUT2D eigenvalue weighted by atomic mass is 16.5. The minimum absolute atomic E-state index is 0.314. The van der Waals surface area contributed by atoms with Crippen molar-refractivity contribution in [3.05, 3.63) is 35.9 Å². The van der Waals surface area contributed by atoms with Crippen molar-refractivity contribution in [3.63, 3.8) is 0 Å². The molecule has 1 aromatic carbocycles. The fourth-order valence-electron chi connectivity index (χ4n) is 1.78. The molecule has 0 radical (unpaired) electrons. The van der Waals surface area contributed by atoms with E-state index in [2.05, 4.69) is 15.4 Å². The number of aryl methyl sites for hydroxylation is 1. The van der Waals surface area contributed by atoms with Crippen molar-refractivity contribution in [3.8, 4) is 0 Å². The lowest BCUT2D eigenvalue weighted by atomic mass is 10.1. The van der Waals surface area contributed by atoms with Gasteiger partial charge < -0.3 is 15.8 Å². The molecule has 1 aromatic heterocycles. The number of para-hydroxylation sites is 1. The Morgan fingerprint density at radius 2 is 2.30 bits per heavy atom. The van der Waals surface area contributed by atoms with E-state index in [-0.39, 0.29) is 0 Å². The molecule has 7 nitrogen and oxygen atoms in total. The lowest BCUT2D eigenvalue weighted by Crippen LogP contribution is -2.12. The maximum absolute atomic E-state index is 11.9. The van der Waals surface area contributed by atoms with Gasteiger partial charge in [-0.25, -0.2) is 9.78 Å². The second-order valence-electron chi connectivity index (χ2n) is 4.18. The Labute approximate surface area is 116 Å². The minimum Gasteiger partial charge on any atom is -0.462 e. The summed E-state index contributed by atoms with van der Waals surface area (Å²) in [6.07, 6.45) is 1.61. The molecule has 2 rings (SSSR count). The van der Waals surface area contributed by atoms with Gasteiger partial charge in [0.15, 0.2) is 5.82 Å². The highest BCUT2D eigenvalue weighted by Crippen LogP contribution is 2.24. The predicted octanol–water partition coefficient (Wildman–Crippen LogP) is 1.19. The van der Waals surface area contributed by atoms with E-state index in [1.54, 1.807) is 43.2 Å². The molecular formula is C13H17N5O2. The molecule has 0 saturated heterocycles. The summed E-state index contributed by atoms with van der Waals surface area (Å²) in [5.41, 5.74) is 7.33. The molecule has 2 aromatic rings. The zero-order valence-electron chi connectivity index (χ0n) is 11.5. The number of carbonyl (C=O) groups excluding carboxylic acids is 1. The molecule has 0 spiro atoms. The van der Waals surface area contributed by atoms with Crippen LogP contribution in [0.3, 0.4) is 0 Å². The van der Waals surface area contributed by atoms with Crippen LogP contribution in [0.4, 0.5) is 11.4 Å². The fraction of sp³-hybridized carbons (Fsp3) is 0.308. The number of anilines is 2. The zero-order valence-corrected chi connectivity index (χ0v) is 11.5. The van der Waals surface area contributed by atoms with E-state index in [0.717, 1.165) is 0 Å². The van der Waals surface area contributed by atoms with Crippen molar-refractivity contribution in [1.29, 1.82) is 0 Å². The average Bonchev–Trinajstić information content (AvgIpc) is 2.83. The largest absolute Gasteiger partial charge is 0.462 e. The molecular weight excluding hydrogens is 258 g/mol. The maximum atomic E-state index is 11.9. The van der Waals surface area contributed by atoms with Gasteiger partial charge >= 0.3 is 5.97 Å². The molecule has 1 heterocycles. The third-order valence-corrected chi connectivity index (χ3v) is 2.66. The minimum atomic E-state index is -0.406. The Hall–Kier alpha value is -2.57. The van der Waals surface area contributed by atoms with E-state index >= 15 is 0 Å². The van der Waals surface area contributed by atoms with E-state index in [1.807, 2.05) is 0 Å². The van der Waals surface area contributed by atoms with Gasteiger partial charge in [0, 0.05) is 7.05 Å². The second kappa shape index (κ2) is 6.05. The monoisotopic (exact) mass is 275 g/mol. The summed E-state index contributed by atoms with van der Waals surface area (Å²) in [5, 5.41) is 7.24. The van der Waals surface area contributed by atoms with Crippen molar-refractivity contribution < 1.29 is 9.53 Å². The quantitative estimate of drug-likeness (QED) is 0.628. The molecule has 0 atom stereocenters. The number of nitrogen functional groups attached to an aromatic ring is 1. The first-order valence-corrected chi connectivity index (χ1v) is 6.25. The topological polar surface area (TPSA) is 95.1 Å². The van der Waals surface area contributed by atoms with Gasteiger partial charge in [0.2, 0.25) is 0 Å². The lowest BCUT2D eigenvalue weighted by molar-refractivity contribution is 0.0527. The molecule has 106 valence electrons. The fourth-order valence-corrected chi connectivity index (χ4v) is 1.78. The van der Waals surface area contributed by atoms with E-state index in [9.17, 15) is 4.79 Å². The zero-order chi connectivity index (χ0) is 14.5. The highest BCUT2D eigenvalue weighted by Gasteiger charge is 2.15. The van der Waals surface area contributed by atoms with E-state index < -0.39 is 5.97 Å². The number of nitrogens with zero attached hydrogens (tertiary/aromatic N) is 3. The number of hydrogen-bond acceptors (Lipinski definition) is 6. The Morgan fingerprint density at radius 3 is 2.95 bits per heavy atom. The molecule has 0 aliphatic carbocycles. The second-order valence-corrected chi connectivity index (χ2v) is 4.18. The van der Waals surface area contributed by atoms with Crippen molar-refractivity contribution in [1.82, 2.24) is 14.8 Å². The Morgan fingerprint density at radius 1 is 1.50 bits per heavy atom. The van der Waals surface area contributed by atoms with Gasteiger partial charge in [-0.05, 0) is 19.1 Å². The smallest absolute Gasteiger partial charge is 0.340 e. The molecule has 0 aliphatic heterocycles. The molecule has 0 unspecified atom stereocenters. The van der Waals surface area contributed by atoms with Crippen LogP contribution in [0, 0.1) is 0 Å². The van der Waals surface area contributed by atoms with Crippen LogP contribution >= 0.6 is 0 Å². The van der Waals surface area contributed by atoms with Crippen LogP contribution in [0.2, 0.25) is 0 Å². The number of nitrogens with one attached hydrogen (secondary N) is 1. The van der Waals surface area contributed by atoms with Gasteiger partial charge in [0.05, 0.1) is 30.1 Å². The lowest BCUT2D eigenvalue weighted by Gasteiger charge is -2.12. The first kappa shape index (κ1) is 13.9. The first-order chi connectivity index (χ1) is 9.61. The van der Waals surface area contributed by atoms with Gasteiger partial charge in [-0.15, -0.1) is 0 Å². The summed E-state index contributed by atoms with van der Waals surface area (Å²) in [5.74, 6) is 0.210. The summed E-state index contributed by atoms with van der Waals surface area (Å²) < 4.78 is 6.62. The van der Waals surface area contributed by atoms with Gasteiger partial charge in [0.25, 0.3) is 0 Å². The molecule has 20 heavy (non-hydrogen) atoms. The summed E-state index contributed by atoms with van der Waals surface area (Å²) in [7, 11) is 1.79. The van der Waals surface area contributed by atoms with Crippen LogP contribution in [0.5, 0.6) is 0 Å². The molecule has 0 aliphatic rings. The number of nitrogens with two attached hydrogens (primary N) is 1. The van der Waals surface area contributed by atoms with E-state index in [1.165, 1.54) is 0 Å². The Bertz CT molecular complexity index is 609. The van der Waals surface area contributed by atoms with Crippen LogP contribution in [-0.4, -0.2) is 27.3 Å². The maximum Gasteiger partial charge on any atom is 0.340 e.